The smallest absolute Gasteiger partial charge is 0.195 e. The molecule has 26 heavy (non-hydrogen) atoms. The van der Waals surface area contributed by atoms with Gasteiger partial charge in [0.1, 0.15) is 11.4 Å². The van der Waals surface area contributed by atoms with Gasteiger partial charge in [0.05, 0.1) is 0 Å². The first-order valence-electron chi connectivity index (χ1n) is 9.49. The zero-order valence-corrected chi connectivity index (χ0v) is 16.8. The van der Waals surface area contributed by atoms with Crippen LogP contribution < -0.4 is 0 Å². The number of aldehydes is 1. The number of carbonyl (C=O) groups is 1. The highest BCUT2D eigenvalue weighted by Crippen LogP contribution is 2.41. The van der Waals surface area contributed by atoms with Crippen molar-refractivity contribution in [2.75, 3.05) is 0 Å². The van der Waals surface area contributed by atoms with E-state index in [4.69, 9.17) is 4.98 Å². The lowest BCUT2D eigenvalue weighted by Crippen LogP contribution is -2.26. The van der Waals surface area contributed by atoms with Crippen LogP contribution in [0.25, 0.3) is 16.2 Å². The Morgan fingerprint density at radius 3 is 2.62 bits per heavy atom. The number of thiazole rings is 1. The van der Waals surface area contributed by atoms with Gasteiger partial charge in [0.2, 0.25) is 0 Å². The first-order valence-corrected chi connectivity index (χ1v) is 10.3. The van der Waals surface area contributed by atoms with E-state index in [9.17, 15) is 4.79 Å². The minimum absolute atomic E-state index is 0.323. The van der Waals surface area contributed by atoms with Crippen LogP contribution in [0.5, 0.6) is 0 Å². The Morgan fingerprint density at radius 2 is 2.00 bits per heavy atom. The van der Waals surface area contributed by atoms with Crippen molar-refractivity contribution in [2.45, 2.75) is 53.4 Å². The highest BCUT2D eigenvalue weighted by atomic mass is 32.1. The van der Waals surface area contributed by atoms with E-state index in [-0.39, 0.29) is 0 Å². The van der Waals surface area contributed by atoms with E-state index in [1.807, 2.05) is 0 Å². The fourth-order valence-electron chi connectivity index (χ4n) is 4.04. The zero-order chi connectivity index (χ0) is 18.5. The number of aromatic nitrogens is 2. The Morgan fingerprint density at radius 1 is 1.27 bits per heavy atom. The molecule has 1 aromatic carbocycles. The minimum atomic E-state index is 0.323. The summed E-state index contributed by atoms with van der Waals surface area (Å²) >= 11 is 1.77. The summed E-state index contributed by atoms with van der Waals surface area (Å²) in [6, 6.07) is 8.42. The van der Waals surface area contributed by atoms with Crippen molar-refractivity contribution in [1.82, 2.24) is 9.38 Å². The molecule has 2 heterocycles. The van der Waals surface area contributed by atoms with Crippen molar-refractivity contribution in [2.24, 2.45) is 11.3 Å². The van der Waals surface area contributed by atoms with Crippen LogP contribution in [0.15, 0.2) is 24.3 Å². The molecule has 2 aromatic heterocycles. The number of carbonyl (C=O) groups excluding carboxylic acids is 1. The third-order valence-electron chi connectivity index (χ3n) is 5.82. The largest absolute Gasteiger partial charge is 0.296 e. The first kappa shape index (κ1) is 17.5. The summed E-state index contributed by atoms with van der Waals surface area (Å²) in [6.07, 6.45) is 5.31. The summed E-state index contributed by atoms with van der Waals surface area (Å²) in [5.74, 6) is 0.694. The van der Waals surface area contributed by atoms with Crippen molar-refractivity contribution in [3.05, 3.63) is 46.1 Å². The third kappa shape index (κ3) is 2.81. The molecule has 0 aliphatic heterocycles. The molecule has 4 heteroatoms. The predicted molar refractivity (Wildman–Crippen MR) is 108 cm³/mol. The molecule has 136 valence electrons. The van der Waals surface area contributed by atoms with Crippen LogP contribution in [-0.2, 0) is 19.3 Å². The summed E-state index contributed by atoms with van der Waals surface area (Å²) < 4.78 is 2.12. The van der Waals surface area contributed by atoms with Gasteiger partial charge in [-0.1, -0.05) is 52.0 Å². The number of rotatable bonds is 3. The average Bonchev–Trinajstić information content (AvgIpc) is 3.15. The topological polar surface area (TPSA) is 34.4 Å². The lowest BCUT2D eigenvalue weighted by molar-refractivity contribution is 0.111. The van der Waals surface area contributed by atoms with Gasteiger partial charge in [0, 0.05) is 16.1 Å². The molecule has 0 bridgehead atoms. The summed E-state index contributed by atoms with van der Waals surface area (Å²) in [7, 11) is 0. The molecule has 0 amide bonds. The highest BCUT2D eigenvalue weighted by Gasteiger charge is 2.32. The molecular formula is C22H26N2OS. The van der Waals surface area contributed by atoms with Gasteiger partial charge in [-0.3, -0.25) is 9.20 Å². The van der Waals surface area contributed by atoms with Crippen LogP contribution in [0.2, 0.25) is 0 Å². The number of hydrogen-bond acceptors (Lipinski definition) is 3. The number of imidazole rings is 1. The number of aryl methyl sites for hydroxylation is 2. The summed E-state index contributed by atoms with van der Waals surface area (Å²) in [6.45, 7) is 9.14. The van der Waals surface area contributed by atoms with Crippen molar-refractivity contribution in [3.63, 3.8) is 0 Å². The molecule has 0 radical (unpaired) electrons. The van der Waals surface area contributed by atoms with Gasteiger partial charge in [0.15, 0.2) is 11.2 Å². The molecule has 3 nitrogen and oxygen atoms in total. The Bertz CT molecular complexity index is 957. The number of benzene rings is 1. The predicted octanol–water partition coefficient (Wildman–Crippen LogP) is 5.59. The molecule has 0 spiro atoms. The van der Waals surface area contributed by atoms with Crippen LogP contribution in [0.4, 0.5) is 0 Å². The molecule has 0 N–H and O–H groups in total. The van der Waals surface area contributed by atoms with Crippen molar-refractivity contribution < 1.29 is 4.79 Å². The van der Waals surface area contributed by atoms with E-state index in [0.717, 1.165) is 41.8 Å². The number of fused-ring (bicyclic) bond motifs is 3. The van der Waals surface area contributed by atoms with Gasteiger partial charge in [-0.15, -0.1) is 11.3 Å². The molecule has 0 saturated heterocycles. The average molecular weight is 367 g/mol. The van der Waals surface area contributed by atoms with E-state index < -0.39 is 0 Å². The zero-order valence-electron chi connectivity index (χ0n) is 16.0. The van der Waals surface area contributed by atoms with Crippen LogP contribution in [-0.4, -0.2) is 15.7 Å². The lowest BCUT2D eigenvalue weighted by atomic mass is 9.73. The molecule has 1 aliphatic rings. The van der Waals surface area contributed by atoms with Gasteiger partial charge >= 0.3 is 0 Å². The van der Waals surface area contributed by atoms with Crippen LogP contribution in [0, 0.1) is 11.3 Å². The normalized spacial score (nSPS) is 17.5. The Hall–Kier alpha value is -1.94. The summed E-state index contributed by atoms with van der Waals surface area (Å²) in [5, 5.41) is 0. The fraction of sp³-hybridized carbons (Fsp3) is 0.455. The van der Waals surface area contributed by atoms with Gasteiger partial charge in [-0.2, -0.15) is 0 Å². The Labute approximate surface area is 159 Å². The second-order valence-electron chi connectivity index (χ2n) is 8.41. The van der Waals surface area contributed by atoms with E-state index >= 15 is 0 Å². The molecule has 0 saturated carbocycles. The second kappa shape index (κ2) is 6.34. The van der Waals surface area contributed by atoms with Crippen LogP contribution in [0.1, 0.15) is 60.7 Å². The third-order valence-corrected chi connectivity index (χ3v) is 6.93. The molecule has 1 aliphatic carbocycles. The summed E-state index contributed by atoms with van der Waals surface area (Å²) in [4.78, 5) is 19.2. The van der Waals surface area contributed by atoms with Crippen molar-refractivity contribution in [3.8, 4) is 11.3 Å². The maximum Gasteiger partial charge on any atom is 0.195 e. The molecular weight excluding hydrogens is 340 g/mol. The van der Waals surface area contributed by atoms with E-state index in [1.165, 1.54) is 22.6 Å². The van der Waals surface area contributed by atoms with E-state index in [2.05, 4.69) is 56.4 Å². The van der Waals surface area contributed by atoms with Gasteiger partial charge in [-0.25, -0.2) is 4.98 Å². The van der Waals surface area contributed by atoms with E-state index in [1.54, 1.807) is 11.3 Å². The monoisotopic (exact) mass is 366 g/mol. The first-order chi connectivity index (χ1) is 12.4. The minimum Gasteiger partial charge on any atom is -0.296 e. The lowest BCUT2D eigenvalue weighted by Gasteiger charge is -2.33. The highest BCUT2D eigenvalue weighted by molar-refractivity contribution is 7.17. The molecule has 3 aromatic rings. The van der Waals surface area contributed by atoms with Crippen molar-refractivity contribution >= 4 is 22.6 Å². The SMILES string of the molecule is CCc1ccc(-c2nc3sc4c(n3c2C=O)CCC(C(C)(C)C)C4)cc1. The maximum absolute atomic E-state index is 11.9. The Balaban J connectivity index is 1.79. The number of hydrogen-bond donors (Lipinski definition) is 0. The quantitative estimate of drug-likeness (QED) is 0.566. The van der Waals surface area contributed by atoms with E-state index in [0.29, 0.717) is 17.0 Å². The molecule has 4 rings (SSSR count). The maximum atomic E-state index is 11.9. The number of nitrogens with zero attached hydrogens (tertiary/aromatic N) is 2. The second-order valence-corrected chi connectivity index (χ2v) is 9.47. The molecule has 1 atom stereocenters. The Kier molecular flexibility index (Phi) is 4.26. The standard InChI is InChI=1S/C22H26N2OS/c1-5-14-6-8-15(9-7-14)20-18(13-25)24-17-11-10-16(22(2,3)4)12-19(17)26-21(24)23-20/h6-9,13,16H,5,10-12H2,1-4H3. The molecule has 0 fully saturated rings. The summed E-state index contributed by atoms with van der Waals surface area (Å²) in [5.41, 5.74) is 5.47. The van der Waals surface area contributed by atoms with Gasteiger partial charge in [0.25, 0.3) is 0 Å². The van der Waals surface area contributed by atoms with Crippen LogP contribution in [0.3, 0.4) is 0 Å². The fourth-order valence-corrected chi connectivity index (χ4v) is 5.29. The van der Waals surface area contributed by atoms with Crippen LogP contribution >= 0.6 is 11.3 Å². The van der Waals surface area contributed by atoms with Gasteiger partial charge in [-0.05, 0) is 42.6 Å². The van der Waals surface area contributed by atoms with Crippen molar-refractivity contribution in [1.29, 1.82) is 0 Å². The molecule has 1 unspecified atom stereocenters. The van der Waals surface area contributed by atoms with Gasteiger partial charge < -0.3 is 0 Å².